The molecule has 6 nitrogen and oxygen atoms in total. The van der Waals surface area contributed by atoms with E-state index in [0.717, 1.165) is 12.7 Å². The van der Waals surface area contributed by atoms with Crippen LogP contribution in [0.1, 0.15) is 13.3 Å². The number of benzene rings is 1. The van der Waals surface area contributed by atoms with E-state index >= 15 is 0 Å². The van der Waals surface area contributed by atoms with E-state index in [2.05, 4.69) is 5.32 Å². The average molecular weight is 303 g/mol. The Balaban J connectivity index is 3.05. The summed E-state index contributed by atoms with van der Waals surface area (Å²) >= 11 is 0. The second-order valence-corrected chi connectivity index (χ2v) is 6.86. The fourth-order valence-corrected chi connectivity index (χ4v) is 2.88. The van der Waals surface area contributed by atoms with Gasteiger partial charge in [0.1, 0.15) is 5.75 Å². The van der Waals surface area contributed by atoms with Crippen LogP contribution in [0.15, 0.2) is 24.3 Å². The average Bonchev–Trinajstić information content (AvgIpc) is 2.37. The minimum Gasteiger partial charge on any atom is -0.504 e. The molecule has 0 saturated carbocycles. The number of aromatic hydroxyl groups is 1. The van der Waals surface area contributed by atoms with Crippen molar-refractivity contribution in [3.8, 4) is 11.5 Å². The van der Waals surface area contributed by atoms with Crippen molar-refractivity contribution in [2.75, 3.05) is 25.2 Å². The molecule has 20 heavy (non-hydrogen) atoms. The normalized spacial score (nSPS) is 14.8. The van der Waals surface area contributed by atoms with E-state index in [0.29, 0.717) is 6.54 Å². The third-order valence-corrected chi connectivity index (χ3v) is 3.61. The van der Waals surface area contributed by atoms with Gasteiger partial charge in [-0.3, -0.25) is 5.32 Å². The van der Waals surface area contributed by atoms with E-state index in [9.17, 15) is 18.6 Å². The molecular weight excluding hydrogens is 282 g/mol. The highest BCUT2D eigenvalue weighted by molar-refractivity contribution is 7.90. The van der Waals surface area contributed by atoms with Crippen molar-refractivity contribution in [3.63, 3.8) is 0 Å². The molecule has 1 rings (SSSR count). The first-order valence-corrected chi connectivity index (χ1v) is 8.38. The number of sulfone groups is 1. The molecular formula is C13H21NO5S. The van der Waals surface area contributed by atoms with Crippen molar-refractivity contribution >= 4 is 9.84 Å². The summed E-state index contributed by atoms with van der Waals surface area (Å²) in [5.74, 6) is -0.392. The van der Waals surface area contributed by atoms with Crippen LogP contribution in [-0.2, 0) is 9.84 Å². The summed E-state index contributed by atoms with van der Waals surface area (Å²) in [4.78, 5) is 0. The molecule has 0 aliphatic heterocycles. The van der Waals surface area contributed by atoms with Gasteiger partial charge in [0.25, 0.3) is 0 Å². The number of hydrogen-bond acceptors (Lipinski definition) is 6. The van der Waals surface area contributed by atoms with Crippen LogP contribution in [0.2, 0.25) is 0 Å². The highest BCUT2D eigenvalue weighted by Crippen LogP contribution is 2.28. The predicted molar refractivity (Wildman–Crippen MR) is 76.6 cm³/mol. The van der Waals surface area contributed by atoms with Crippen LogP contribution in [0, 0.1) is 0 Å². The Kier molecular flexibility index (Phi) is 5.79. The maximum absolute atomic E-state index is 11.6. The first-order valence-electron chi connectivity index (χ1n) is 6.32. The van der Waals surface area contributed by atoms with Crippen LogP contribution in [0.4, 0.5) is 0 Å². The lowest BCUT2D eigenvalue weighted by molar-refractivity contribution is -0.00237. The summed E-state index contributed by atoms with van der Waals surface area (Å²) in [7, 11) is -3.39. The highest BCUT2D eigenvalue weighted by atomic mass is 32.2. The summed E-state index contributed by atoms with van der Waals surface area (Å²) < 4.78 is 28.7. The molecule has 3 N–H and O–H groups in total. The lowest BCUT2D eigenvalue weighted by Gasteiger charge is -2.33. The van der Waals surface area contributed by atoms with Gasteiger partial charge in [-0.2, -0.15) is 0 Å². The van der Waals surface area contributed by atoms with Gasteiger partial charge < -0.3 is 14.9 Å². The van der Waals surface area contributed by atoms with Gasteiger partial charge in [-0.1, -0.05) is 19.1 Å². The third-order valence-electron chi connectivity index (χ3n) is 2.62. The summed E-state index contributed by atoms with van der Waals surface area (Å²) in [6, 6.07) is 6.21. The van der Waals surface area contributed by atoms with E-state index in [-0.39, 0.29) is 11.5 Å². The number of rotatable bonds is 8. The topological polar surface area (TPSA) is 95.9 Å². The molecule has 0 aromatic heterocycles. The molecule has 114 valence electrons. The third kappa shape index (κ3) is 4.99. The lowest BCUT2D eigenvalue weighted by Crippen LogP contribution is -2.58. The Labute approximate surface area is 119 Å². The molecule has 1 atom stereocenters. The van der Waals surface area contributed by atoms with Crippen molar-refractivity contribution in [1.82, 2.24) is 5.32 Å². The van der Waals surface area contributed by atoms with Gasteiger partial charge in [0, 0.05) is 6.26 Å². The van der Waals surface area contributed by atoms with Crippen molar-refractivity contribution in [2.45, 2.75) is 19.1 Å². The molecule has 0 spiro atoms. The van der Waals surface area contributed by atoms with E-state index in [1.807, 2.05) is 6.92 Å². The molecule has 7 heteroatoms. The molecule has 0 aliphatic rings. The number of hydrogen-bond donors (Lipinski definition) is 3. The monoisotopic (exact) mass is 303 g/mol. The van der Waals surface area contributed by atoms with Crippen LogP contribution >= 0.6 is 0 Å². The first-order chi connectivity index (χ1) is 9.32. The van der Waals surface area contributed by atoms with Crippen LogP contribution in [0.25, 0.3) is 0 Å². The van der Waals surface area contributed by atoms with Gasteiger partial charge in [-0.05, 0) is 25.1 Å². The van der Waals surface area contributed by atoms with Gasteiger partial charge in [-0.15, -0.1) is 0 Å². The minimum absolute atomic E-state index is 0.114. The predicted octanol–water partition coefficient (Wildman–Crippen LogP) is 0.504. The maximum atomic E-state index is 11.6. The fraction of sp³-hybridized carbons (Fsp3) is 0.538. The number of para-hydroxylation sites is 2. The quantitative estimate of drug-likeness (QED) is 0.605. The summed E-state index contributed by atoms with van der Waals surface area (Å²) in [6.45, 7) is 1.85. The van der Waals surface area contributed by atoms with Crippen molar-refractivity contribution < 1.29 is 23.4 Å². The fourth-order valence-electron chi connectivity index (χ4n) is 1.78. The van der Waals surface area contributed by atoms with E-state index in [1.54, 1.807) is 12.1 Å². The molecule has 0 bridgehead atoms. The smallest absolute Gasteiger partial charge is 0.198 e. The van der Waals surface area contributed by atoms with Crippen molar-refractivity contribution in [2.24, 2.45) is 0 Å². The Morgan fingerprint density at radius 2 is 2.00 bits per heavy atom. The van der Waals surface area contributed by atoms with Gasteiger partial charge in [0.15, 0.2) is 27.1 Å². The molecule has 0 fully saturated rings. The van der Waals surface area contributed by atoms with Crippen LogP contribution in [0.5, 0.6) is 11.5 Å². The number of nitrogens with one attached hydrogen (secondary N) is 1. The largest absolute Gasteiger partial charge is 0.504 e. The van der Waals surface area contributed by atoms with E-state index < -0.39 is 27.9 Å². The molecule has 0 saturated heterocycles. The summed E-state index contributed by atoms with van der Waals surface area (Å²) in [5, 5.41) is 22.2. The number of phenols is 1. The van der Waals surface area contributed by atoms with Crippen molar-refractivity contribution in [1.29, 1.82) is 0 Å². The van der Waals surface area contributed by atoms with Gasteiger partial charge >= 0.3 is 0 Å². The highest BCUT2D eigenvalue weighted by Gasteiger charge is 2.36. The minimum atomic E-state index is -3.39. The molecule has 0 heterocycles. The van der Waals surface area contributed by atoms with Gasteiger partial charge in [0.2, 0.25) is 0 Å². The van der Waals surface area contributed by atoms with E-state index in [1.165, 1.54) is 12.1 Å². The number of aliphatic hydroxyl groups is 1. The van der Waals surface area contributed by atoms with Crippen molar-refractivity contribution in [3.05, 3.63) is 24.3 Å². The summed E-state index contributed by atoms with van der Waals surface area (Å²) in [5.41, 5.74) is -1.47. The van der Waals surface area contributed by atoms with Gasteiger partial charge in [-0.25, -0.2) is 8.42 Å². The van der Waals surface area contributed by atoms with E-state index in [4.69, 9.17) is 4.74 Å². The SMILES string of the molecule is CCCNC(CO)(CS(C)(=O)=O)Oc1ccccc1O. The maximum Gasteiger partial charge on any atom is 0.198 e. The number of phenolic OH excluding ortho intramolecular Hbond substituents is 1. The Hall–Kier alpha value is -1.31. The van der Waals surface area contributed by atoms with Crippen LogP contribution in [-0.4, -0.2) is 49.5 Å². The molecule has 1 aromatic carbocycles. The Morgan fingerprint density at radius 3 is 2.50 bits per heavy atom. The zero-order valence-electron chi connectivity index (χ0n) is 11.7. The lowest BCUT2D eigenvalue weighted by atomic mass is 10.2. The number of ether oxygens (including phenoxy) is 1. The summed E-state index contributed by atoms with van der Waals surface area (Å²) in [6.07, 6.45) is 1.81. The standard InChI is InChI=1S/C13H21NO5S/c1-3-8-14-13(9-15,10-20(2,17)18)19-12-7-5-4-6-11(12)16/h4-7,14-16H,3,8-10H2,1-2H3. The van der Waals surface area contributed by atoms with Crippen LogP contribution in [0.3, 0.4) is 0 Å². The molecule has 0 aliphatic carbocycles. The molecule has 0 amide bonds. The molecule has 0 radical (unpaired) electrons. The second-order valence-electron chi connectivity index (χ2n) is 4.72. The Morgan fingerprint density at radius 1 is 1.35 bits per heavy atom. The van der Waals surface area contributed by atoms with Gasteiger partial charge in [0.05, 0.1) is 6.61 Å². The molecule has 1 unspecified atom stereocenters. The zero-order chi connectivity index (χ0) is 15.2. The first kappa shape index (κ1) is 16.7. The zero-order valence-corrected chi connectivity index (χ0v) is 12.5. The Bertz CT molecular complexity index is 531. The number of aliphatic hydroxyl groups excluding tert-OH is 1. The van der Waals surface area contributed by atoms with Crippen LogP contribution < -0.4 is 10.1 Å². The molecule has 1 aromatic rings. The second kappa shape index (κ2) is 6.92.